The number of nitrogens with one attached hydrogen (secondary N) is 1. The van der Waals surface area contributed by atoms with Crippen LogP contribution in [0.2, 0.25) is 0 Å². The van der Waals surface area contributed by atoms with Crippen LogP contribution in [0.15, 0.2) is 42.7 Å². The summed E-state index contributed by atoms with van der Waals surface area (Å²) in [4.78, 5) is 30.7. The zero-order valence-electron chi connectivity index (χ0n) is 15.1. The fourth-order valence-electron chi connectivity index (χ4n) is 3.28. The first-order chi connectivity index (χ1) is 12.6. The van der Waals surface area contributed by atoms with E-state index in [4.69, 9.17) is 4.74 Å². The molecule has 7 heteroatoms. The third kappa shape index (κ3) is 3.94. The molecule has 7 nitrogen and oxygen atoms in total. The van der Waals surface area contributed by atoms with Gasteiger partial charge in [0.1, 0.15) is 24.6 Å². The summed E-state index contributed by atoms with van der Waals surface area (Å²) in [6, 6.07) is 9.27. The molecule has 0 unspecified atom stereocenters. The van der Waals surface area contributed by atoms with Gasteiger partial charge in [-0.2, -0.15) is 0 Å². The smallest absolute Gasteiger partial charge is 0.249 e. The van der Waals surface area contributed by atoms with Gasteiger partial charge in [-0.3, -0.25) is 9.59 Å². The number of hydrogen-bond donors (Lipinski definition) is 1. The summed E-state index contributed by atoms with van der Waals surface area (Å²) < 4.78 is 7.64. The van der Waals surface area contributed by atoms with E-state index >= 15 is 0 Å². The van der Waals surface area contributed by atoms with Crippen molar-refractivity contribution in [3.63, 3.8) is 0 Å². The zero-order chi connectivity index (χ0) is 18.5. The van der Waals surface area contributed by atoms with E-state index in [2.05, 4.69) is 10.3 Å². The number of benzene rings is 1. The van der Waals surface area contributed by atoms with Gasteiger partial charge in [-0.05, 0) is 12.5 Å². The molecule has 1 aliphatic heterocycles. The van der Waals surface area contributed by atoms with Crippen LogP contribution in [0.3, 0.4) is 0 Å². The van der Waals surface area contributed by atoms with Crippen molar-refractivity contribution in [1.29, 1.82) is 0 Å². The summed E-state index contributed by atoms with van der Waals surface area (Å²) in [7, 11) is 1.89. The lowest BCUT2D eigenvalue weighted by Gasteiger charge is -2.40. The number of ether oxygens (including phenoxy) is 1. The Labute approximate surface area is 153 Å². The highest BCUT2D eigenvalue weighted by Gasteiger charge is 2.39. The Morgan fingerprint density at radius 1 is 1.35 bits per heavy atom. The quantitative estimate of drug-likeness (QED) is 0.840. The fraction of sp³-hybridized carbons (Fsp3) is 0.421. The van der Waals surface area contributed by atoms with Gasteiger partial charge in [0, 0.05) is 32.5 Å². The maximum atomic E-state index is 12.3. The van der Waals surface area contributed by atoms with Gasteiger partial charge in [0.25, 0.3) is 0 Å². The molecule has 0 aliphatic carbocycles. The lowest BCUT2D eigenvalue weighted by Crippen LogP contribution is -2.53. The number of likely N-dealkylation sites (N-methyl/N-ethyl adjacent to an activating group) is 1. The number of imidazole rings is 1. The van der Waals surface area contributed by atoms with E-state index < -0.39 is 0 Å². The van der Waals surface area contributed by atoms with Crippen molar-refractivity contribution in [2.24, 2.45) is 7.05 Å². The van der Waals surface area contributed by atoms with E-state index in [9.17, 15) is 9.59 Å². The fourth-order valence-corrected chi connectivity index (χ4v) is 3.28. The molecule has 138 valence electrons. The number of rotatable bonds is 6. The van der Waals surface area contributed by atoms with Crippen molar-refractivity contribution < 1.29 is 14.3 Å². The predicted octanol–water partition coefficient (Wildman–Crippen LogP) is 1.07. The number of hydrogen-bond acceptors (Lipinski definition) is 4. The van der Waals surface area contributed by atoms with Crippen LogP contribution in [0.5, 0.6) is 0 Å². The van der Waals surface area contributed by atoms with Crippen molar-refractivity contribution in [3.8, 4) is 0 Å². The molecule has 1 aliphatic rings. The van der Waals surface area contributed by atoms with E-state index in [0.717, 1.165) is 11.4 Å². The molecule has 0 saturated carbocycles. The highest BCUT2D eigenvalue weighted by atomic mass is 16.5. The van der Waals surface area contributed by atoms with Gasteiger partial charge in [0.2, 0.25) is 11.8 Å². The summed E-state index contributed by atoms with van der Waals surface area (Å²) in [6.45, 7) is 2.85. The van der Waals surface area contributed by atoms with Crippen LogP contribution in [0.1, 0.15) is 24.4 Å². The van der Waals surface area contributed by atoms with E-state index in [1.54, 1.807) is 11.1 Å². The lowest BCUT2D eigenvalue weighted by molar-refractivity contribution is -0.157. The lowest BCUT2D eigenvalue weighted by atomic mass is 10.1. The van der Waals surface area contributed by atoms with Crippen LogP contribution in [0, 0.1) is 0 Å². The maximum absolute atomic E-state index is 12.3. The van der Waals surface area contributed by atoms with Crippen LogP contribution in [-0.2, 0) is 27.8 Å². The van der Waals surface area contributed by atoms with Gasteiger partial charge in [-0.1, -0.05) is 30.3 Å². The van der Waals surface area contributed by atoms with Crippen molar-refractivity contribution >= 4 is 11.8 Å². The molecule has 1 N–H and O–H groups in total. The Balaban J connectivity index is 1.69. The highest BCUT2D eigenvalue weighted by Crippen LogP contribution is 2.28. The molecule has 1 aromatic carbocycles. The van der Waals surface area contributed by atoms with Crippen molar-refractivity contribution in [1.82, 2.24) is 19.8 Å². The van der Waals surface area contributed by atoms with Crippen molar-refractivity contribution in [2.75, 3.05) is 19.7 Å². The van der Waals surface area contributed by atoms with Crippen LogP contribution >= 0.6 is 0 Å². The molecule has 3 rings (SSSR count). The SMILES string of the molecule is CCN1C(=O)CO[C@@H](CNC(=O)Cc2ccccc2)[C@@H]1c1nccn1C. The summed E-state index contributed by atoms with van der Waals surface area (Å²) in [5.41, 5.74) is 0.959. The Bertz CT molecular complexity index is 759. The van der Waals surface area contributed by atoms with Gasteiger partial charge in [0.15, 0.2) is 0 Å². The van der Waals surface area contributed by atoms with E-state index in [1.165, 1.54) is 0 Å². The third-order valence-corrected chi connectivity index (χ3v) is 4.60. The Morgan fingerprint density at radius 2 is 2.12 bits per heavy atom. The maximum Gasteiger partial charge on any atom is 0.249 e. The van der Waals surface area contributed by atoms with Crippen molar-refractivity contribution in [2.45, 2.75) is 25.5 Å². The number of nitrogens with zero attached hydrogens (tertiary/aromatic N) is 3. The first kappa shape index (κ1) is 18.1. The molecule has 0 spiro atoms. The Morgan fingerprint density at radius 3 is 2.77 bits per heavy atom. The standard InChI is InChI=1S/C19H24N4O3/c1-3-23-17(25)13-26-15(18(23)19-20-9-10-22(19)2)12-21-16(24)11-14-7-5-4-6-8-14/h4-10,15,18H,3,11-13H2,1-2H3,(H,21,24)/t15-,18+/m0/s1. The molecule has 1 aromatic heterocycles. The molecule has 1 saturated heterocycles. The summed E-state index contributed by atoms with van der Waals surface area (Å²) >= 11 is 0. The highest BCUT2D eigenvalue weighted by molar-refractivity contribution is 5.79. The van der Waals surface area contributed by atoms with Gasteiger partial charge >= 0.3 is 0 Å². The minimum absolute atomic E-state index is 0.0218. The van der Waals surface area contributed by atoms with Crippen LogP contribution in [0.4, 0.5) is 0 Å². The third-order valence-electron chi connectivity index (χ3n) is 4.60. The van der Waals surface area contributed by atoms with E-state index in [0.29, 0.717) is 19.5 Å². The van der Waals surface area contributed by atoms with Gasteiger partial charge in [-0.15, -0.1) is 0 Å². The van der Waals surface area contributed by atoms with E-state index in [1.807, 2.05) is 55.1 Å². The van der Waals surface area contributed by atoms with Crippen LogP contribution < -0.4 is 5.32 Å². The molecule has 2 atom stereocenters. The topological polar surface area (TPSA) is 76.5 Å². The minimum atomic E-state index is -0.339. The molecule has 2 heterocycles. The van der Waals surface area contributed by atoms with Crippen molar-refractivity contribution in [3.05, 3.63) is 54.1 Å². The summed E-state index contributed by atoms with van der Waals surface area (Å²) in [5.74, 6) is 0.618. The molecule has 1 fully saturated rings. The predicted molar refractivity (Wildman–Crippen MR) is 96.2 cm³/mol. The average Bonchev–Trinajstić information content (AvgIpc) is 3.06. The Hall–Kier alpha value is -2.67. The molecular formula is C19H24N4O3. The monoisotopic (exact) mass is 356 g/mol. The van der Waals surface area contributed by atoms with E-state index in [-0.39, 0.29) is 30.6 Å². The number of carbonyl (C=O) groups excluding carboxylic acids is 2. The Kier molecular flexibility index (Phi) is 5.68. The van der Waals surface area contributed by atoms with Gasteiger partial charge < -0.3 is 19.5 Å². The number of morpholine rings is 1. The van der Waals surface area contributed by atoms with Crippen LogP contribution in [0.25, 0.3) is 0 Å². The minimum Gasteiger partial charge on any atom is -0.364 e. The van der Waals surface area contributed by atoms with Gasteiger partial charge in [0.05, 0.1) is 6.42 Å². The zero-order valence-corrected chi connectivity index (χ0v) is 15.1. The molecular weight excluding hydrogens is 332 g/mol. The summed E-state index contributed by atoms with van der Waals surface area (Å²) in [6.07, 6.45) is 3.52. The van der Waals surface area contributed by atoms with Crippen LogP contribution in [-0.4, -0.2) is 52.1 Å². The molecule has 26 heavy (non-hydrogen) atoms. The second-order valence-corrected chi connectivity index (χ2v) is 6.34. The second kappa shape index (κ2) is 8.14. The molecule has 2 amide bonds. The molecule has 2 aromatic rings. The first-order valence-corrected chi connectivity index (χ1v) is 8.79. The normalized spacial score (nSPS) is 20.2. The second-order valence-electron chi connectivity index (χ2n) is 6.34. The number of amides is 2. The molecule has 0 bridgehead atoms. The summed E-state index contributed by atoms with van der Waals surface area (Å²) in [5, 5.41) is 2.93. The average molecular weight is 356 g/mol. The van der Waals surface area contributed by atoms with Gasteiger partial charge in [-0.25, -0.2) is 4.98 Å². The number of aryl methyl sites for hydroxylation is 1. The number of aromatic nitrogens is 2. The molecule has 0 radical (unpaired) electrons. The largest absolute Gasteiger partial charge is 0.364 e. The number of carbonyl (C=O) groups is 2. The first-order valence-electron chi connectivity index (χ1n) is 8.79.